The van der Waals surface area contributed by atoms with E-state index in [1.165, 1.54) is 89.9 Å². The van der Waals surface area contributed by atoms with Gasteiger partial charge in [0.25, 0.3) is 0 Å². The molecule has 0 aliphatic heterocycles. The van der Waals surface area contributed by atoms with Crippen LogP contribution < -0.4 is 0 Å². The van der Waals surface area contributed by atoms with Crippen molar-refractivity contribution in [3.63, 3.8) is 0 Å². The molecule has 0 amide bonds. The minimum atomic E-state index is -0.532. The van der Waals surface area contributed by atoms with E-state index in [2.05, 4.69) is 50.3 Å². The van der Waals surface area contributed by atoms with Crippen LogP contribution in [-0.4, -0.2) is 37.0 Å². The lowest BCUT2D eigenvalue weighted by molar-refractivity contribution is -0.154. The van der Waals surface area contributed by atoms with Gasteiger partial charge < -0.3 is 14.6 Å². The van der Waals surface area contributed by atoms with Crippen molar-refractivity contribution in [2.75, 3.05) is 19.8 Å². The molecule has 4 nitrogen and oxygen atoms in total. The average molecular weight is 521 g/mol. The molecule has 0 aromatic rings. The zero-order valence-corrected chi connectivity index (χ0v) is 24.5. The Labute approximate surface area is 230 Å². The molecule has 1 unspecified atom stereocenters. The van der Waals surface area contributed by atoms with E-state index >= 15 is 0 Å². The molecular formula is C33H60O4. The molecule has 0 aliphatic rings. The lowest BCUT2D eigenvalue weighted by Crippen LogP contribution is -2.27. The van der Waals surface area contributed by atoms with E-state index in [0.717, 1.165) is 32.1 Å². The number of hydrogen-bond donors (Lipinski definition) is 1. The van der Waals surface area contributed by atoms with E-state index < -0.39 is 6.10 Å². The van der Waals surface area contributed by atoms with Crippen LogP contribution in [0.25, 0.3) is 0 Å². The molecule has 0 fully saturated rings. The molecular weight excluding hydrogens is 460 g/mol. The van der Waals surface area contributed by atoms with Gasteiger partial charge >= 0.3 is 5.97 Å². The summed E-state index contributed by atoms with van der Waals surface area (Å²) >= 11 is 0. The van der Waals surface area contributed by atoms with Gasteiger partial charge in [0.2, 0.25) is 0 Å². The standard InChI is InChI=1S/C33H60O4/c1-3-5-7-9-10-11-12-13-14-15-16-17-18-19-20-21-22-23-25-27-29-36-31-32(30-34)37-33(35)28-26-24-8-6-4-2/h10-11,13-14,16-17,32,34H,3-9,12,15,18-31H2,1-2H3/b11-10-,14-13-,17-16-. The van der Waals surface area contributed by atoms with Crippen molar-refractivity contribution in [3.8, 4) is 0 Å². The maximum absolute atomic E-state index is 11.9. The average Bonchev–Trinajstić information content (AvgIpc) is 2.90. The highest BCUT2D eigenvalue weighted by molar-refractivity contribution is 5.69. The summed E-state index contributed by atoms with van der Waals surface area (Å²) in [4.78, 5) is 11.9. The number of rotatable bonds is 28. The van der Waals surface area contributed by atoms with Crippen molar-refractivity contribution >= 4 is 5.97 Å². The lowest BCUT2D eigenvalue weighted by atomic mass is 10.1. The molecule has 0 radical (unpaired) electrons. The number of aliphatic hydroxyl groups is 1. The van der Waals surface area contributed by atoms with Crippen molar-refractivity contribution in [2.45, 2.75) is 148 Å². The Balaban J connectivity index is 3.44. The molecule has 1 atom stereocenters. The van der Waals surface area contributed by atoms with Gasteiger partial charge in [-0.2, -0.15) is 0 Å². The van der Waals surface area contributed by atoms with Gasteiger partial charge in [0.1, 0.15) is 6.10 Å². The maximum atomic E-state index is 11.9. The van der Waals surface area contributed by atoms with Crippen LogP contribution >= 0.6 is 0 Å². The Bertz CT molecular complexity index is 553. The third kappa shape index (κ3) is 29.0. The number of aliphatic hydroxyl groups excluding tert-OH is 1. The lowest BCUT2D eigenvalue weighted by Gasteiger charge is -2.15. The smallest absolute Gasteiger partial charge is 0.306 e. The van der Waals surface area contributed by atoms with Crippen molar-refractivity contribution < 1.29 is 19.4 Å². The van der Waals surface area contributed by atoms with E-state index in [4.69, 9.17) is 9.47 Å². The van der Waals surface area contributed by atoms with E-state index in [1.807, 2.05) is 0 Å². The Morgan fingerprint density at radius 3 is 1.76 bits per heavy atom. The van der Waals surface area contributed by atoms with Crippen LogP contribution in [0.1, 0.15) is 142 Å². The number of carbonyl (C=O) groups excluding carboxylic acids is 1. The Morgan fingerprint density at radius 2 is 1.14 bits per heavy atom. The van der Waals surface area contributed by atoms with E-state index in [9.17, 15) is 9.90 Å². The molecule has 0 saturated heterocycles. The highest BCUT2D eigenvalue weighted by atomic mass is 16.6. The van der Waals surface area contributed by atoms with Crippen LogP contribution in [0.5, 0.6) is 0 Å². The fourth-order valence-corrected chi connectivity index (χ4v) is 4.10. The SMILES string of the molecule is CCCCC/C=C\C/C=C\C/C=C\CCCCCCCCCOCC(CO)OC(=O)CCCCCCC. The van der Waals surface area contributed by atoms with Crippen molar-refractivity contribution in [1.82, 2.24) is 0 Å². The summed E-state index contributed by atoms with van der Waals surface area (Å²) in [5.41, 5.74) is 0. The Hall–Kier alpha value is -1.39. The highest BCUT2D eigenvalue weighted by Gasteiger charge is 2.13. The van der Waals surface area contributed by atoms with Crippen LogP contribution in [0.2, 0.25) is 0 Å². The second-order valence-electron chi connectivity index (χ2n) is 10.2. The van der Waals surface area contributed by atoms with Crippen molar-refractivity contribution in [2.24, 2.45) is 0 Å². The monoisotopic (exact) mass is 520 g/mol. The molecule has 0 aromatic carbocycles. The summed E-state index contributed by atoms with van der Waals surface area (Å²) in [7, 11) is 0. The molecule has 0 aliphatic carbocycles. The first-order valence-electron chi connectivity index (χ1n) is 15.6. The third-order valence-corrected chi connectivity index (χ3v) is 6.47. The Kier molecular flexibility index (Phi) is 29.7. The van der Waals surface area contributed by atoms with E-state index in [-0.39, 0.29) is 19.2 Å². The van der Waals surface area contributed by atoms with E-state index in [0.29, 0.717) is 13.0 Å². The number of unbranched alkanes of at least 4 members (excludes halogenated alkanes) is 14. The zero-order valence-electron chi connectivity index (χ0n) is 24.5. The minimum absolute atomic E-state index is 0.176. The number of ether oxygens (including phenoxy) is 2. The summed E-state index contributed by atoms with van der Waals surface area (Å²) in [6.45, 7) is 5.21. The van der Waals surface area contributed by atoms with Crippen LogP contribution in [0.15, 0.2) is 36.5 Å². The van der Waals surface area contributed by atoms with Crippen LogP contribution in [0.3, 0.4) is 0 Å². The van der Waals surface area contributed by atoms with Gasteiger partial charge in [-0.15, -0.1) is 0 Å². The van der Waals surface area contributed by atoms with Gasteiger partial charge in [-0.1, -0.05) is 121 Å². The van der Waals surface area contributed by atoms with Gasteiger partial charge in [0.15, 0.2) is 0 Å². The topological polar surface area (TPSA) is 55.8 Å². The quantitative estimate of drug-likeness (QED) is 0.0634. The largest absolute Gasteiger partial charge is 0.457 e. The first kappa shape index (κ1) is 35.6. The molecule has 0 bridgehead atoms. The van der Waals surface area contributed by atoms with Gasteiger partial charge in [-0.3, -0.25) is 4.79 Å². The first-order chi connectivity index (χ1) is 18.2. The van der Waals surface area contributed by atoms with Gasteiger partial charge in [-0.05, 0) is 51.4 Å². The second kappa shape index (κ2) is 30.8. The summed E-state index contributed by atoms with van der Waals surface area (Å²) in [5.74, 6) is -0.220. The third-order valence-electron chi connectivity index (χ3n) is 6.47. The van der Waals surface area contributed by atoms with Crippen LogP contribution in [0, 0.1) is 0 Å². The fraction of sp³-hybridized carbons (Fsp3) is 0.788. The normalized spacial score (nSPS) is 12.8. The van der Waals surface area contributed by atoms with Crippen molar-refractivity contribution in [1.29, 1.82) is 0 Å². The predicted molar refractivity (Wildman–Crippen MR) is 159 cm³/mol. The molecule has 0 rings (SSSR count). The number of esters is 1. The second-order valence-corrected chi connectivity index (χ2v) is 10.2. The van der Waals surface area contributed by atoms with Gasteiger partial charge in [0.05, 0.1) is 13.2 Å². The summed E-state index contributed by atoms with van der Waals surface area (Å²) in [6.07, 6.45) is 36.3. The summed E-state index contributed by atoms with van der Waals surface area (Å²) in [6, 6.07) is 0. The number of allylic oxidation sites excluding steroid dienone is 6. The van der Waals surface area contributed by atoms with E-state index in [1.54, 1.807) is 0 Å². The minimum Gasteiger partial charge on any atom is -0.457 e. The van der Waals surface area contributed by atoms with Crippen molar-refractivity contribution in [3.05, 3.63) is 36.5 Å². The highest BCUT2D eigenvalue weighted by Crippen LogP contribution is 2.10. The molecule has 1 N–H and O–H groups in total. The molecule has 216 valence electrons. The predicted octanol–water partition coefficient (Wildman–Crippen LogP) is 9.42. The number of hydrogen-bond acceptors (Lipinski definition) is 4. The van der Waals surface area contributed by atoms with Crippen LogP contribution in [0.4, 0.5) is 0 Å². The first-order valence-corrected chi connectivity index (χ1v) is 15.6. The molecule has 4 heteroatoms. The zero-order chi connectivity index (χ0) is 27.1. The van der Waals surface area contributed by atoms with Gasteiger partial charge in [0, 0.05) is 13.0 Å². The Morgan fingerprint density at radius 1 is 0.649 bits per heavy atom. The number of carbonyl (C=O) groups is 1. The molecule has 37 heavy (non-hydrogen) atoms. The molecule has 0 aromatic heterocycles. The maximum Gasteiger partial charge on any atom is 0.306 e. The molecule has 0 heterocycles. The fourth-order valence-electron chi connectivity index (χ4n) is 4.10. The molecule has 0 spiro atoms. The summed E-state index contributed by atoms with van der Waals surface area (Å²) in [5, 5.41) is 9.42. The van der Waals surface area contributed by atoms with Crippen LogP contribution in [-0.2, 0) is 14.3 Å². The summed E-state index contributed by atoms with van der Waals surface area (Å²) < 4.78 is 11.0. The van der Waals surface area contributed by atoms with Gasteiger partial charge in [-0.25, -0.2) is 0 Å². The molecule has 0 saturated carbocycles.